The van der Waals surface area contributed by atoms with Crippen molar-refractivity contribution in [2.75, 3.05) is 0 Å². The number of thiazole rings is 1. The van der Waals surface area contributed by atoms with Crippen LogP contribution in [0.1, 0.15) is 5.69 Å². The molecule has 0 aliphatic rings. The van der Waals surface area contributed by atoms with Crippen molar-refractivity contribution < 1.29 is 4.79 Å². The summed E-state index contributed by atoms with van der Waals surface area (Å²) in [6, 6.07) is 0. The van der Waals surface area contributed by atoms with Gasteiger partial charge in [-0.1, -0.05) is 0 Å². The first-order valence-corrected chi connectivity index (χ1v) is 3.58. The van der Waals surface area contributed by atoms with Crippen molar-refractivity contribution in [1.82, 2.24) is 4.98 Å². The predicted molar refractivity (Wildman–Crippen MR) is 39.5 cm³/mol. The number of hydrogen-bond donors (Lipinski definition) is 0. The number of carbonyl (C=O) groups excluding carboxylic acids is 1. The van der Waals surface area contributed by atoms with E-state index in [0.29, 0.717) is 0 Å². The van der Waals surface area contributed by atoms with Crippen LogP contribution in [0.5, 0.6) is 0 Å². The molecule has 0 radical (unpaired) electrons. The Labute approximate surface area is 62.5 Å². The third-order valence-corrected chi connectivity index (χ3v) is 1.26. The molecule has 0 aliphatic heterocycles. The molecule has 1 heterocycles. The molecule has 0 N–H and O–H groups in total. The van der Waals surface area contributed by atoms with Crippen molar-refractivity contribution in [2.45, 2.75) is 6.92 Å². The van der Waals surface area contributed by atoms with Crippen LogP contribution < -0.4 is 0 Å². The van der Waals surface area contributed by atoms with Crippen LogP contribution in [0.3, 0.4) is 0 Å². The highest BCUT2D eigenvalue weighted by molar-refractivity contribution is 7.07. The van der Waals surface area contributed by atoms with Crippen molar-refractivity contribution in [3.05, 3.63) is 16.6 Å². The average molecular weight is 164 g/mol. The highest BCUT2D eigenvalue weighted by Crippen LogP contribution is 1.95. The van der Waals surface area contributed by atoms with Crippen molar-refractivity contribution >= 4 is 28.7 Å². The van der Waals surface area contributed by atoms with Crippen molar-refractivity contribution in [3.8, 4) is 0 Å². The first-order chi connectivity index (χ1) is 4.31. The zero-order chi connectivity index (χ0) is 7.11. The summed E-state index contributed by atoms with van der Waals surface area (Å²) in [6.07, 6.45) is 0. The molecule has 1 aromatic rings. The number of carbonyl (C=O) groups is 1. The lowest BCUT2D eigenvalue weighted by Gasteiger charge is -1.64. The molecule has 2 nitrogen and oxygen atoms in total. The van der Waals surface area contributed by atoms with Gasteiger partial charge in [0.1, 0.15) is 0 Å². The fraction of sp³-hybridized carbons (Fsp3) is 0.200. The highest BCUT2D eigenvalue weighted by atomic mass is 35.5. The predicted octanol–water partition coefficient (Wildman–Crippen LogP) is 1.87. The minimum atomic E-state index is 0.222. The van der Waals surface area contributed by atoms with Crippen LogP contribution in [-0.2, 0) is 4.79 Å². The summed E-state index contributed by atoms with van der Waals surface area (Å²) < 4.78 is 0. The molecule has 0 bridgehead atoms. The number of hydrogen-bond acceptors (Lipinski definition) is 3. The maximum absolute atomic E-state index is 8.57. The van der Waals surface area contributed by atoms with E-state index in [-0.39, 0.29) is 5.75 Å². The van der Waals surface area contributed by atoms with Crippen molar-refractivity contribution in [2.24, 2.45) is 0 Å². The van der Waals surface area contributed by atoms with Gasteiger partial charge in [0.15, 0.2) is 0 Å². The van der Waals surface area contributed by atoms with Gasteiger partial charge < -0.3 is 0 Å². The Hall–Kier alpha value is -0.410. The van der Waals surface area contributed by atoms with Gasteiger partial charge in [0.25, 0.3) is 0 Å². The lowest BCUT2D eigenvalue weighted by atomic mass is 10.6. The minimum absolute atomic E-state index is 0.222. The van der Waals surface area contributed by atoms with Crippen LogP contribution in [0.15, 0.2) is 10.9 Å². The molecule has 0 fully saturated rings. The lowest BCUT2D eigenvalue weighted by Crippen LogP contribution is -1.59. The average Bonchev–Trinajstić information content (AvgIpc) is 2.20. The largest absolute Gasteiger partial charge is 0.285 e. The zero-order valence-corrected chi connectivity index (χ0v) is 6.45. The second kappa shape index (κ2) is 5.72. The van der Waals surface area contributed by atoms with Crippen LogP contribution >= 0.6 is 22.9 Å². The first-order valence-electron chi connectivity index (χ1n) is 2.20. The monoisotopic (exact) mass is 163 g/mol. The molecule has 0 aliphatic carbocycles. The van der Waals surface area contributed by atoms with Crippen LogP contribution in [0.25, 0.3) is 0 Å². The van der Waals surface area contributed by atoms with Gasteiger partial charge in [-0.25, -0.2) is 0 Å². The summed E-state index contributed by atoms with van der Waals surface area (Å²) in [6.45, 7) is 1.98. The second-order valence-electron chi connectivity index (χ2n) is 1.22. The van der Waals surface area contributed by atoms with E-state index in [1.165, 1.54) is 0 Å². The molecule has 0 unspecified atom stereocenters. The summed E-state index contributed by atoms with van der Waals surface area (Å²) in [5.74, 6) is 0.222. The van der Waals surface area contributed by atoms with Gasteiger partial charge in [0.2, 0.25) is 5.75 Å². The number of aryl methyl sites for hydroxylation is 1. The third kappa shape index (κ3) is 5.46. The van der Waals surface area contributed by atoms with E-state index in [4.69, 9.17) is 4.79 Å². The van der Waals surface area contributed by atoms with Gasteiger partial charge in [0.05, 0.1) is 5.51 Å². The summed E-state index contributed by atoms with van der Waals surface area (Å²) >= 11 is 5.95. The van der Waals surface area contributed by atoms with Crippen LogP contribution in [-0.4, -0.2) is 10.7 Å². The molecular formula is C5H6ClNOS. The van der Waals surface area contributed by atoms with E-state index < -0.39 is 0 Å². The molecule has 0 aromatic carbocycles. The topological polar surface area (TPSA) is 30.0 Å². The zero-order valence-electron chi connectivity index (χ0n) is 4.87. The highest BCUT2D eigenvalue weighted by Gasteiger charge is 1.76. The lowest BCUT2D eigenvalue weighted by molar-refractivity contribution is 0.569. The van der Waals surface area contributed by atoms with E-state index in [1.54, 1.807) is 11.3 Å². The minimum Gasteiger partial charge on any atom is -0.285 e. The molecule has 1 aromatic heterocycles. The maximum atomic E-state index is 8.57. The third-order valence-electron chi connectivity index (χ3n) is 0.556. The quantitative estimate of drug-likeness (QED) is 0.432. The van der Waals surface area contributed by atoms with Gasteiger partial charge in [-0.3, -0.25) is 9.78 Å². The van der Waals surface area contributed by atoms with E-state index in [1.807, 2.05) is 17.8 Å². The Morgan fingerprint density at radius 3 is 2.56 bits per heavy atom. The summed E-state index contributed by atoms with van der Waals surface area (Å²) in [7, 11) is 0. The molecule has 9 heavy (non-hydrogen) atoms. The molecule has 50 valence electrons. The first kappa shape index (κ1) is 8.59. The number of rotatable bonds is 0. The van der Waals surface area contributed by atoms with E-state index in [9.17, 15) is 0 Å². The molecule has 1 rings (SSSR count). The van der Waals surface area contributed by atoms with Gasteiger partial charge in [-0.05, 0) is 18.5 Å². The molecule has 0 saturated heterocycles. The number of nitrogens with zero attached hydrogens (tertiary/aromatic N) is 1. The molecule has 4 heteroatoms. The summed E-state index contributed by atoms with van der Waals surface area (Å²) in [4.78, 5) is 12.5. The van der Waals surface area contributed by atoms with Crippen molar-refractivity contribution in [1.29, 1.82) is 0 Å². The van der Waals surface area contributed by atoms with Crippen LogP contribution in [0.2, 0.25) is 0 Å². The Morgan fingerprint density at radius 2 is 2.44 bits per heavy atom. The Balaban J connectivity index is 0.000000187. The molecule has 0 atom stereocenters. The fourth-order valence-corrected chi connectivity index (χ4v) is 0.819. The van der Waals surface area contributed by atoms with E-state index in [0.717, 1.165) is 5.69 Å². The van der Waals surface area contributed by atoms with Crippen molar-refractivity contribution in [3.63, 3.8) is 0 Å². The maximum Gasteiger partial charge on any atom is 0.208 e. The molecule has 0 amide bonds. The van der Waals surface area contributed by atoms with Gasteiger partial charge in [0, 0.05) is 11.1 Å². The van der Waals surface area contributed by atoms with Crippen LogP contribution in [0, 0.1) is 6.92 Å². The number of halogens is 1. The molecule has 0 spiro atoms. The van der Waals surface area contributed by atoms with Gasteiger partial charge >= 0.3 is 0 Å². The Morgan fingerprint density at radius 1 is 1.89 bits per heavy atom. The standard InChI is InChI=1S/C4H5NS.CHClO/c1-4-2-6-3-5-4;2-1-3/h2-3H,1H3;1H. The van der Waals surface area contributed by atoms with Gasteiger partial charge in [-0.15, -0.1) is 11.3 Å². The SMILES string of the molecule is Cc1cscn1.O=CCl. The second-order valence-corrected chi connectivity index (χ2v) is 2.12. The normalized spacial score (nSPS) is 7.33. The van der Waals surface area contributed by atoms with Crippen LogP contribution in [0.4, 0.5) is 0 Å². The number of aromatic nitrogens is 1. The summed E-state index contributed by atoms with van der Waals surface area (Å²) in [5, 5.41) is 2.01. The van der Waals surface area contributed by atoms with E-state index >= 15 is 0 Å². The fourth-order valence-electron chi connectivity index (χ4n) is 0.273. The van der Waals surface area contributed by atoms with E-state index in [2.05, 4.69) is 16.6 Å². The van der Waals surface area contributed by atoms with Gasteiger partial charge in [-0.2, -0.15) is 0 Å². The summed E-state index contributed by atoms with van der Waals surface area (Å²) in [5.41, 5.74) is 2.94. The molecular weight excluding hydrogens is 158 g/mol. The molecule has 0 saturated carbocycles. The Bertz CT molecular complexity index is 152. The smallest absolute Gasteiger partial charge is 0.208 e. The Kier molecular flexibility index (Phi) is 5.46.